The molecule has 0 bridgehead atoms. The van der Waals surface area contributed by atoms with Crippen LogP contribution in [0.4, 0.5) is 11.4 Å². The zero-order chi connectivity index (χ0) is 23.7. The highest BCUT2D eigenvalue weighted by Crippen LogP contribution is 2.29. The molecule has 2 rings (SSSR count). The molecule has 2 aromatic carbocycles. The van der Waals surface area contributed by atoms with Crippen molar-refractivity contribution in [2.75, 3.05) is 26.6 Å². The molecule has 170 valence electrons. The highest BCUT2D eigenvalue weighted by molar-refractivity contribution is 6.06. The van der Waals surface area contributed by atoms with Crippen molar-refractivity contribution in [3.8, 4) is 17.2 Å². The summed E-state index contributed by atoms with van der Waals surface area (Å²) in [4.78, 5) is 35.0. The average Bonchev–Trinajstić information content (AvgIpc) is 2.77. The van der Waals surface area contributed by atoms with Crippen LogP contribution in [-0.2, 0) is 16.0 Å². The number of rotatable bonds is 10. The van der Waals surface area contributed by atoms with Crippen LogP contribution in [0.3, 0.4) is 0 Å². The monoisotopic (exact) mass is 444 g/mol. The molecular weight excluding hydrogens is 420 g/mol. The van der Waals surface area contributed by atoms with Crippen LogP contribution in [0.1, 0.15) is 18.9 Å². The Morgan fingerprint density at radius 1 is 1.00 bits per heavy atom. The van der Waals surface area contributed by atoms with Gasteiger partial charge < -0.3 is 19.5 Å². The number of nitrogens with one attached hydrogen (secondary N) is 2. The van der Waals surface area contributed by atoms with Gasteiger partial charge in [0.15, 0.2) is 11.5 Å². The minimum absolute atomic E-state index is 0.0334. The Kier molecular flexibility index (Phi) is 8.52. The van der Waals surface area contributed by atoms with Gasteiger partial charge in [0.25, 0.3) is 5.69 Å². The van der Waals surface area contributed by atoms with E-state index in [1.54, 1.807) is 25.1 Å². The number of methoxy groups -OCH3 is 3. The number of hydrogen-bond donors (Lipinski definition) is 2. The molecule has 0 saturated carbocycles. The maximum Gasteiger partial charge on any atom is 0.296 e. The number of hydrogen-bond acceptors (Lipinski definition) is 8. The van der Waals surface area contributed by atoms with Crippen molar-refractivity contribution in [1.82, 2.24) is 5.43 Å². The molecule has 0 atom stereocenters. The summed E-state index contributed by atoms with van der Waals surface area (Å²) in [6.07, 6.45) is -0.124. The maximum absolute atomic E-state index is 12.2. The van der Waals surface area contributed by atoms with Gasteiger partial charge in [0.2, 0.25) is 11.8 Å². The summed E-state index contributed by atoms with van der Waals surface area (Å²) in [6, 6.07) is 9.20. The van der Waals surface area contributed by atoms with Gasteiger partial charge >= 0.3 is 0 Å². The van der Waals surface area contributed by atoms with Crippen LogP contribution in [0, 0.1) is 10.1 Å². The van der Waals surface area contributed by atoms with E-state index in [0.29, 0.717) is 28.5 Å². The van der Waals surface area contributed by atoms with Crippen LogP contribution in [-0.4, -0.2) is 43.8 Å². The lowest BCUT2D eigenvalue weighted by Crippen LogP contribution is -2.23. The van der Waals surface area contributed by atoms with Crippen LogP contribution < -0.4 is 25.0 Å². The molecule has 11 heteroatoms. The van der Waals surface area contributed by atoms with Crippen LogP contribution in [0.25, 0.3) is 0 Å². The molecular formula is C21H24N4O7. The zero-order valence-electron chi connectivity index (χ0n) is 18.1. The highest BCUT2D eigenvalue weighted by Gasteiger charge is 2.17. The second kappa shape index (κ2) is 11.3. The molecule has 0 aliphatic heterocycles. The first-order chi connectivity index (χ1) is 15.3. The summed E-state index contributed by atoms with van der Waals surface area (Å²) in [5.41, 5.74) is 3.13. The standard InChI is InChI=1S/C21H24N4O7/c1-13(9-20(26)22-16-7-6-15(30-2)12-17(16)25(28)29)23-24-21(27)11-14-5-8-18(31-3)19(10-14)32-4/h5-8,10,12H,9,11H2,1-4H3,(H,22,26)(H,24,27)/b23-13+. The van der Waals surface area contributed by atoms with E-state index >= 15 is 0 Å². The van der Waals surface area contributed by atoms with Crippen LogP contribution >= 0.6 is 0 Å². The number of carbonyl (C=O) groups is 2. The van der Waals surface area contributed by atoms with Crippen LogP contribution in [0.15, 0.2) is 41.5 Å². The number of anilines is 1. The molecule has 0 saturated heterocycles. The third-order valence-corrected chi connectivity index (χ3v) is 4.28. The Balaban J connectivity index is 1.94. The van der Waals surface area contributed by atoms with Crippen molar-refractivity contribution in [3.63, 3.8) is 0 Å². The highest BCUT2D eigenvalue weighted by atomic mass is 16.6. The first kappa shape index (κ1) is 24.1. The molecule has 32 heavy (non-hydrogen) atoms. The molecule has 0 aliphatic rings. The number of ether oxygens (including phenoxy) is 3. The molecule has 0 fully saturated rings. The Morgan fingerprint density at radius 2 is 1.72 bits per heavy atom. The van der Waals surface area contributed by atoms with Gasteiger partial charge in [0.1, 0.15) is 11.4 Å². The fourth-order valence-corrected chi connectivity index (χ4v) is 2.73. The van der Waals surface area contributed by atoms with Crippen molar-refractivity contribution in [2.24, 2.45) is 5.10 Å². The molecule has 0 heterocycles. The van der Waals surface area contributed by atoms with E-state index in [1.165, 1.54) is 39.5 Å². The molecule has 2 amide bonds. The normalized spacial score (nSPS) is 10.8. The van der Waals surface area contributed by atoms with Crippen LogP contribution in [0.5, 0.6) is 17.2 Å². The molecule has 0 radical (unpaired) electrons. The lowest BCUT2D eigenvalue weighted by atomic mass is 10.1. The summed E-state index contributed by atoms with van der Waals surface area (Å²) in [5.74, 6) is 0.441. The smallest absolute Gasteiger partial charge is 0.296 e. The van der Waals surface area contributed by atoms with Crippen molar-refractivity contribution in [1.29, 1.82) is 0 Å². The predicted octanol–water partition coefficient (Wildman–Crippen LogP) is 2.68. The topological polar surface area (TPSA) is 141 Å². The molecule has 0 unspecified atom stereocenters. The zero-order valence-corrected chi connectivity index (χ0v) is 18.1. The summed E-state index contributed by atoms with van der Waals surface area (Å²) in [7, 11) is 4.41. The number of nitro benzene ring substituents is 1. The maximum atomic E-state index is 12.2. The van der Waals surface area contributed by atoms with E-state index in [-0.39, 0.29) is 30.1 Å². The molecule has 2 N–H and O–H groups in total. The molecule has 0 aromatic heterocycles. The van der Waals surface area contributed by atoms with Crippen molar-refractivity contribution < 1.29 is 28.7 Å². The van der Waals surface area contributed by atoms with Crippen molar-refractivity contribution in [3.05, 3.63) is 52.1 Å². The SMILES string of the molecule is COc1ccc(NC(=O)C/C(C)=N/NC(=O)Cc2ccc(OC)c(OC)c2)c([N+](=O)[O-])c1. The Hall–Kier alpha value is -4.15. The Labute approximate surface area is 184 Å². The minimum Gasteiger partial charge on any atom is -0.496 e. The molecule has 0 spiro atoms. The third-order valence-electron chi connectivity index (χ3n) is 4.28. The van der Waals surface area contributed by atoms with Gasteiger partial charge in [-0.05, 0) is 36.8 Å². The van der Waals surface area contributed by atoms with Crippen molar-refractivity contribution in [2.45, 2.75) is 19.8 Å². The Morgan fingerprint density at radius 3 is 2.34 bits per heavy atom. The summed E-state index contributed by atoms with van der Waals surface area (Å²) in [5, 5.41) is 17.6. The third kappa shape index (κ3) is 6.69. The summed E-state index contributed by atoms with van der Waals surface area (Å²) < 4.78 is 15.3. The number of hydrazone groups is 1. The van der Waals surface area contributed by atoms with Gasteiger partial charge in [0.05, 0.1) is 45.2 Å². The van der Waals surface area contributed by atoms with Gasteiger partial charge in [-0.15, -0.1) is 0 Å². The summed E-state index contributed by atoms with van der Waals surface area (Å²) in [6.45, 7) is 1.55. The first-order valence-electron chi connectivity index (χ1n) is 9.42. The molecule has 0 aliphatic carbocycles. The van der Waals surface area contributed by atoms with E-state index < -0.39 is 10.8 Å². The van der Waals surface area contributed by atoms with E-state index in [2.05, 4.69) is 15.8 Å². The van der Waals surface area contributed by atoms with E-state index in [9.17, 15) is 19.7 Å². The van der Waals surface area contributed by atoms with Gasteiger partial charge in [0, 0.05) is 5.71 Å². The predicted molar refractivity (Wildman–Crippen MR) is 117 cm³/mol. The Bertz CT molecular complexity index is 1040. The lowest BCUT2D eigenvalue weighted by molar-refractivity contribution is -0.384. The van der Waals surface area contributed by atoms with Gasteiger partial charge in [-0.1, -0.05) is 6.07 Å². The van der Waals surface area contributed by atoms with E-state index in [4.69, 9.17) is 14.2 Å². The second-order valence-corrected chi connectivity index (χ2v) is 6.61. The van der Waals surface area contributed by atoms with Gasteiger partial charge in [-0.25, -0.2) is 5.43 Å². The van der Waals surface area contributed by atoms with Gasteiger partial charge in [-0.2, -0.15) is 5.10 Å². The second-order valence-electron chi connectivity index (χ2n) is 6.61. The summed E-state index contributed by atoms with van der Waals surface area (Å²) >= 11 is 0. The lowest BCUT2D eigenvalue weighted by Gasteiger charge is -2.09. The quantitative estimate of drug-likeness (QED) is 0.326. The van der Waals surface area contributed by atoms with Crippen LogP contribution in [0.2, 0.25) is 0 Å². The van der Waals surface area contributed by atoms with E-state index in [0.717, 1.165) is 0 Å². The number of nitrogens with zero attached hydrogens (tertiary/aromatic N) is 2. The number of amides is 2. The van der Waals surface area contributed by atoms with E-state index in [1.807, 2.05) is 0 Å². The minimum atomic E-state index is -0.618. The number of nitro groups is 1. The largest absolute Gasteiger partial charge is 0.496 e. The first-order valence-corrected chi connectivity index (χ1v) is 9.42. The average molecular weight is 444 g/mol. The fourth-order valence-electron chi connectivity index (χ4n) is 2.73. The number of benzene rings is 2. The number of carbonyl (C=O) groups excluding carboxylic acids is 2. The fraction of sp³-hybridized carbons (Fsp3) is 0.286. The molecule has 2 aromatic rings. The molecule has 11 nitrogen and oxygen atoms in total. The van der Waals surface area contributed by atoms with Crippen molar-refractivity contribution >= 4 is 28.9 Å². The van der Waals surface area contributed by atoms with Gasteiger partial charge in [-0.3, -0.25) is 19.7 Å².